The molecule has 0 aromatic heterocycles. The molecule has 2 aromatic carbocycles. The Hall–Kier alpha value is -1.99. The van der Waals surface area contributed by atoms with Crippen molar-refractivity contribution in [1.82, 2.24) is 4.90 Å². The summed E-state index contributed by atoms with van der Waals surface area (Å²) < 4.78 is 6.02. The Kier molecular flexibility index (Phi) is 5.58. The summed E-state index contributed by atoms with van der Waals surface area (Å²) in [6.07, 6.45) is 0.120. The Labute approximate surface area is 160 Å². The van der Waals surface area contributed by atoms with Gasteiger partial charge in [0.25, 0.3) is 0 Å². The van der Waals surface area contributed by atoms with Crippen LogP contribution in [0.25, 0.3) is 0 Å². The van der Waals surface area contributed by atoms with Gasteiger partial charge >= 0.3 is 0 Å². The van der Waals surface area contributed by atoms with Gasteiger partial charge in [-0.25, -0.2) is 0 Å². The molecular formula is C22H24ClNO2. The molecule has 0 saturated heterocycles. The monoisotopic (exact) mass is 369 g/mol. The molecule has 3 rings (SSSR count). The van der Waals surface area contributed by atoms with Crippen molar-refractivity contribution in [2.75, 3.05) is 6.54 Å². The maximum absolute atomic E-state index is 9.70. The third kappa shape index (κ3) is 5.25. The average molecular weight is 370 g/mol. The Morgan fingerprint density at radius 3 is 2.65 bits per heavy atom. The van der Waals surface area contributed by atoms with E-state index in [9.17, 15) is 5.11 Å². The molecule has 1 unspecified atom stereocenters. The highest BCUT2D eigenvalue weighted by Crippen LogP contribution is 2.28. The fourth-order valence-electron chi connectivity index (χ4n) is 3.01. The highest BCUT2D eigenvalue weighted by atomic mass is 35.5. The van der Waals surface area contributed by atoms with Gasteiger partial charge in [-0.05, 0) is 56.7 Å². The third-order valence-corrected chi connectivity index (χ3v) is 4.37. The van der Waals surface area contributed by atoms with Gasteiger partial charge in [0.15, 0.2) is 0 Å². The minimum atomic E-state index is -0.977. The van der Waals surface area contributed by atoms with Crippen LogP contribution in [0.5, 0.6) is 5.75 Å². The molecule has 0 bridgehead atoms. The van der Waals surface area contributed by atoms with Crippen molar-refractivity contribution in [3.63, 3.8) is 0 Å². The van der Waals surface area contributed by atoms with Gasteiger partial charge in [0.1, 0.15) is 17.5 Å². The molecule has 136 valence electrons. The van der Waals surface area contributed by atoms with Crippen LogP contribution >= 0.6 is 11.6 Å². The fourth-order valence-corrected chi connectivity index (χ4v) is 3.20. The zero-order valence-corrected chi connectivity index (χ0v) is 16.2. The largest absolute Gasteiger partial charge is 0.489 e. The average Bonchev–Trinajstić information content (AvgIpc) is 2.70. The summed E-state index contributed by atoms with van der Waals surface area (Å²) in [7, 11) is 0. The summed E-state index contributed by atoms with van der Waals surface area (Å²) in [6, 6.07) is 14.0. The van der Waals surface area contributed by atoms with Crippen LogP contribution in [0, 0.1) is 11.8 Å². The number of benzene rings is 2. The molecule has 1 N–H and O–H groups in total. The second-order valence-electron chi connectivity index (χ2n) is 7.36. The van der Waals surface area contributed by atoms with E-state index >= 15 is 0 Å². The second-order valence-corrected chi connectivity index (χ2v) is 7.79. The van der Waals surface area contributed by atoms with E-state index in [0.29, 0.717) is 0 Å². The van der Waals surface area contributed by atoms with Crippen LogP contribution in [-0.4, -0.2) is 28.3 Å². The Bertz CT molecular complexity index is 828. The van der Waals surface area contributed by atoms with Crippen LogP contribution in [0.4, 0.5) is 0 Å². The SMILES string of the molecule is CC1CN(Cc2ccc(C#CC(C)(C)O)cc2)Cc2cc(Cl)ccc2O1. The first kappa shape index (κ1) is 18.8. The van der Waals surface area contributed by atoms with Crippen molar-refractivity contribution in [2.24, 2.45) is 0 Å². The van der Waals surface area contributed by atoms with Gasteiger partial charge in [-0.15, -0.1) is 0 Å². The molecule has 4 heteroatoms. The second kappa shape index (κ2) is 7.72. The number of ether oxygens (including phenoxy) is 1. The van der Waals surface area contributed by atoms with Gasteiger partial charge in [0.05, 0.1) is 0 Å². The Morgan fingerprint density at radius 1 is 1.23 bits per heavy atom. The lowest BCUT2D eigenvalue weighted by Crippen LogP contribution is -2.30. The summed E-state index contributed by atoms with van der Waals surface area (Å²) in [4.78, 5) is 2.37. The van der Waals surface area contributed by atoms with Crippen molar-refractivity contribution < 1.29 is 9.84 Å². The molecular weight excluding hydrogens is 346 g/mol. The predicted molar refractivity (Wildman–Crippen MR) is 105 cm³/mol. The van der Waals surface area contributed by atoms with Gasteiger partial charge in [0.2, 0.25) is 0 Å². The van der Waals surface area contributed by atoms with E-state index < -0.39 is 5.60 Å². The van der Waals surface area contributed by atoms with E-state index in [1.807, 2.05) is 30.3 Å². The van der Waals surface area contributed by atoms with Crippen LogP contribution in [0.3, 0.4) is 0 Å². The summed E-state index contributed by atoms with van der Waals surface area (Å²) in [5.74, 6) is 6.76. The standard InChI is InChI=1S/C22H24ClNO2/c1-16-13-24(15-19-12-20(23)8-9-21(19)26-16)14-18-6-4-17(5-7-18)10-11-22(2,3)25/h4-9,12,16,25H,13-15H2,1-3H3. The van der Waals surface area contributed by atoms with E-state index in [-0.39, 0.29) is 6.10 Å². The quantitative estimate of drug-likeness (QED) is 0.803. The van der Waals surface area contributed by atoms with E-state index in [1.165, 1.54) is 5.56 Å². The van der Waals surface area contributed by atoms with Gasteiger partial charge in [0, 0.05) is 35.8 Å². The van der Waals surface area contributed by atoms with Crippen molar-refractivity contribution >= 4 is 11.6 Å². The summed E-state index contributed by atoms with van der Waals surface area (Å²) in [5, 5.41) is 10.4. The predicted octanol–water partition coefficient (Wildman–Crippen LogP) is 4.25. The van der Waals surface area contributed by atoms with E-state index in [4.69, 9.17) is 16.3 Å². The molecule has 26 heavy (non-hydrogen) atoms. The van der Waals surface area contributed by atoms with Gasteiger partial charge in [-0.3, -0.25) is 4.90 Å². The number of hydrogen-bond acceptors (Lipinski definition) is 3. The number of aliphatic hydroxyl groups is 1. The van der Waals surface area contributed by atoms with Crippen molar-refractivity contribution in [3.05, 3.63) is 64.2 Å². The number of rotatable bonds is 2. The molecule has 1 heterocycles. The molecule has 2 aromatic rings. The van der Waals surface area contributed by atoms with Gasteiger partial charge in [-0.2, -0.15) is 0 Å². The Balaban J connectivity index is 1.72. The van der Waals surface area contributed by atoms with E-state index in [1.54, 1.807) is 13.8 Å². The number of halogens is 1. The lowest BCUT2D eigenvalue weighted by molar-refractivity contribution is 0.143. The lowest BCUT2D eigenvalue weighted by atomic mass is 10.1. The highest BCUT2D eigenvalue weighted by Gasteiger charge is 2.20. The van der Waals surface area contributed by atoms with E-state index in [2.05, 4.69) is 35.8 Å². The number of hydrogen-bond donors (Lipinski definition) is 1. The fraction of sp³-hybridized carbons (Fsp3) is 0.364. The molecule has 3 nitrogen and oxygen atoms in total. The van der Waals surface area contributed by atoms with E-state index in [0.717, 1.165) is 41.5 Å². The lowest BCUT2D eigenvalue weighted by Gasteiger charge is -2.22. The molecule has 1 aliphatic heterocycles. The normalized spacial score (nSPS) is 17.5. The molecule has 0 radical (unpaired) electrons. The van der Waals surface area contributed by atoms with Gasteiger partial charge in [-0.1, -0.05) is 35.6 Å². The summed E-state index contributed by atoms with van der Waals surface area (Å²) in [6.45, 7) is 7.94. The molecule has 0 aliphatic carbocycles. The first-order chi connectivity index (χ1) is 12.3. The van der Waals surface area contributed by atoms with Crippen molar-refractivity contribution in [2.45, 2.75) is 45.6 Å². The molecule has 0 amide bonds. The van der Waals surface area contributed by atoms with Crippen molar-refractivity contribution in [1.29, 1.82) is 0 Å². The number of nitrogens with zero attached hydrogens (tertiary/aromatic N) is 1. The molecule has 0 saturated carbocycles. The topological polar surface area (TPSA) is 32.7 Å². The smallest absolute Gasteiger partial charge is 0.124 e. The maximum Gasteiger partial charge on any atom is 0.124 e. The molecule has 0 fully saturated rings. The molecule has 0 spiro atoms. The van der Waals surface area contributed by atoms with Crippen LogP contribution in [-0.2, 0) is 13.1 Å². The van der Waals surface area contributed by atoms with Crippen LogP contribution in [0.2, 0.25) is 5.02 Å². The van der Waals surface area contributed by atoms with Gasteiger partial charge < -0.3 is 9.84 Å². The van der Waals surface area contributed by atoms with Crippen LogP contribution in [0.15, 0.2) is 42.5 Å². The number of fused-ring (bicyclic) bond motifs is 1. The minimum absolute atomic E-state index is 0.120. The third-order valence-electron chi connectivity index (χ3n) is 4.13. The highest BCUT2D eigenvalue weighted by molar-refractivity contribution is 6.30. The van der Waals surface area contributed by atoms with Crippen LogP contribution in [0.1, 0.15) is 37.5 Å². The zero-order valence-electron chi connectivity index (χ0n) is 15.4. The summed E-state index contributed by atoms with van der Waals surface area (Å²) >= 11 is 6.15. The minimum Gasteiger partial charge on any atom is -0.489 e. The Morgan fingerprint density at radius 2 is 1.96 bits per heavy atom. The van der Waals surface area contributed by atoms with Crippen LogP contribution < -0.4 is 4.74 Å². The van der Waals surface area contributed by atoms with Crippen molar-refractivity contribution in [3.8, 4) is 17.6 Å². The molecule has 1 atom stereocenters. The first-order valence-electron chi connectivity index (χ1n) is 8.80. The zero-order chi connectivity index (χ0) is 18.7. The first-order valence-corrected chi connectivity index (χ1v) is 9.18. The summed E-state index contributed by atoms with van der Waals surface area (Å²) in [5.41, 5.74) is 2.27. The molecule has 1 aliphatic rings. The maximum atomic E-state index is 9.70.